The number of ether oxygens (including phenoxy) is 3. The highest BCUT2D eigenvalue weighted by Crippen LogP contribution is 2.42. The van der Waals surface area contributed by atoms with Crippen molar-refractivity contribution in [1.82, 2.24) is 9.80 Å². The summed E-state index contributed by atoms with van der Waals surface area (Å²) in [5, 5.41) is 9.18. The van der Waals surface area contributed by atoms with E-state index >= 15 is 0 Å². The minimum Gasteiger partial charge on any atom is -0.469 e. The largest absolute Gasteiger partial charge is 0.643 e. The number of sulfonamides is 2. The van der Waals surface area contributed by atoms with Crippen LogP contribution >= 0.6 is 65.0 Å². The van der Waals surface area contributed by atoms with Crippen LogP contribution in [0.25, 0.3) is 11.1 Å². The number of allylic oxidation sites excluding steroid dienone is 4. The number of nitrogens with zero attached hydrogens (tertiary/aromatic N) is 2. The van der Waals surface area contributed by atoms with Gasteiger partial charge in [-0.2, -0.15) is 0 Å². The van der Waals surface area contributed by atoms with Crippen molar-refractivity contribution >= 4 is 148 Å². The molecule has 1 unspecified atom stereocenters. The molecule has 488 valence electrons. The molecule has 5 aromatic rings. The molecule has 3 aliphatic heterocycles. The van der Waals surface area contributed by atoms with E-state index in [1.54, 1.807) is 24.1 Å². The number of halogens is 6. The van der Waals surface area contributed by atoms with Crippen molar-refractivity contribution in [3.05, 3.63) is 187 Å². The Bertz CT molecular complexity index is 3770. The third-order valence-corrected chi connectivity index (χ3v) is 17.5. The van der Waals surface area contributed by atoms with Gasteiger partial charge in [0.2, 0.25) is 31.9 Å². The third kappa shape index (κ3) is 24.0. The summed E-state index contributed by atoms with van der Waals surface area (Å²) < 4.78 is 59.0. The first-order valence-electron chi connectivity index (χ1n) is 28.3. The lowest BCUT2D eigenvalue weighted by Gasteiger charge is -2.25. The van der Waals surface area contributed by atoms with Crippen LogP contribution in [-0.2, 0) is 83.9 Å². The molecule has 0 saturated carbocycles. The fourth-order valence-corrected chi connectivity index (χ4v) is 12.1. The Morgan fingerprint density at radius 2 is 1.11 bits per heavy atom. The number of fused-ring (bicyclic) bond motifs is 5. The lowest BCUT2D eigenvalue weighted by molar-refractivity contribution is -0.140. The smallest absolute Gasteiger partial charge is 0.469 e. The van der Waals surface area contributed by atoms with Gasteiger partial charge in [-0.1, -0.05) is 104 Å². The lowest BCUT2D eigenvalue weighted by atomic mass is 9.96. The van der Waals surface area contributed by atoms with Gasteiger partial charge in [-0.25, -0.2) is 62.1 Å². The molecule has 1 atom stereocenters. The maximum absolute atomic E-state index is 12.9. The van der Waals surface area contributed by atoms with E-state index in [4.69, 9.17) is 80.0 Å². The van der Waals surface area contributed by atoms with Crippen LogP contribution in [0, 0.1) is 0 Å². The molecule has 27 heteroatoms. The number of hydrogen-bond donors (Lipinski definition) is 2. The summed E-state index contributed by atoms with van der Waals surface area (Å²) in [6.45, 7) is 8.31. The molecule has 1 fully saturated rings. The van der Waals surface area contributed by atoms with Crippen molar-refractivity contribution in [1.29, 1.82) is 0 Å². The van der Waals surface area contributed by atoms with Gasteiger partial charge in [-0.05, 0) is 138 Å². The van der Waals surface area contributed by atoms with Crippen molar-refractivity contribution in [3.8, 4) is 0 Å². The molecule has 18 nitrogen and oxygen atoms in total. The number of carbonyl (C=O) groups excluding carboxylic acids is 7. The number of primary sulfonamides is 2. The minimum absolute atomic E-state index is 0.0279. The van der Waals surface area contributed by atoms with Crippen LogP contribution in [0.15, 0.2) is 137 Å². The molecule has 5 aromatic carbocycles. The highest BCUT2D eigenvalue weighted by Gasteiger charge is 2.32. The molecule has 0 bridgehead atoms. The van der Waals surface area contributed by atoms with Gasteiger partial charge in [0.25, 0.3) is 5.24 Å². The highest BCUT2D eigenvalue weighted by atomic mass is 35.8. The van der Waals surface area contributed by atoms with Gasteiger partial charge < -0.3 is 24.0 Å². The number of amides is 2. The summed E-state index contributed by atoms with van der Waals surface area (Å²) in [6, 6.07) is 29.5. The predicted molar refractivity (Wildman–Crippen MR) is 358 cm³/mol. The van der Waals surface area contributed by atoms with E-state index in [0.717, 1.165) is 66.8 Å². The highest BCUT2D eigenvalue weighted by molar-refractivity contribution is 7.89. The average molecular weight is 1420 g/mol. The lowest BCUT2D eigenvalue weighted by Crippen LogP contribution is -2.29. The molecule has 0 spiro atoms. The Labute approximate surface area is 563 Å². The van der Waals surface area contributed by atoms with Crippen molar-refractivity contribution in [2.75, 3.05) is 34.9 Å². The number of benzene rings is 5. The summed E-state index contributed by atoms with van der Waals surface area (Å²) in [4.78, 5) is 81.2. The zero-order chi connectivity index (χ0) is 67.9. The number of carbonyl (C=O) groups is 7. The fraction of sp³-hybridized carbons (Fsp3) is 0.328. The van der Waals surface area contributed by atoms with Crippen molar-refractivity contribution < 1.29 is 64.6 Å². The van der Waals surface area contributed by atoms with E-state index in [0.29, 0.717) is 62.4 Å². The summed E-state index contributed by atoms with van der Waals surface area (Å²) in [5.41, 5.74) is 12.6. The molecule has 91 heavy (non-hydrogen) atoms. The van der Waals surface area contributed by atoms with E-state index in [9.17, 15) is 50.4 Å². The van der Waals surface area contributed by atoms with Gasteiger partial charge in [0.15, 0.2) is 5.78 Å². The zero-order valence-corrected chi connectivity index (χ0v) is 58.3. The number of nitrogens with two attached hydrogens (primary N) is 2. The molecule has 11 rings (SSSR count). The summed E-state index contributed by atoms with van der Waals surface area (Å²) in [7, 11) is 13.3. The first kappa shape index (κ1) is 77.7. The molecule has 6 aliphatic rings. The molecular weight excluding hydrogens is 1350 g/mol. The summed E-state index contributed by atoms with van der Waals surface area (Å²) >= 11 is 14.9. The van der Waals surface area contributed by atoms with Gasteiger partial charge in [0.1, 0.15) is 15.6 Å². The van der Waals surface area contributed by atoms with E-state index in [1.165, 1.54) is 90.9 Å². The standard InChI is InChI=1S/C20H17ClN2O4S.C13H13NO.C9H8O.C7H5Cl2NO3S.C6H12O2.C5H10O.C4H6O2.Al.3ClH/c1-23-17-9-13-8-11(2-4-14(13)15(17)5-7-19(23)24)20(25)12-3-6-16(21)18(10-12)28(22,26)27;1-14-12-8-9-4-2-3-5-10(9)11(12)6-7-13(14)15;10-9-5-7-3-1-2-4-8(7)6-9;8-5-2-1-4(7(9)11)3-6(5)14(10,12)13;1-3-4-5-6(7)8-2;1-5-3-2-4-6-5;1-3-4(5)6-2;;;;/h2-4,6,8,10H,5,7,9H2,1H3,(H2,22,26,27);2-5H,6-8H2,1H3;1-4H,5-6H2;1-3H,(H2,10,12,13);3-5H2,1-2H3;5H,2-4H2,1H3;3H,1H2,2H3;;3*1H/q;;;;;;;+3;;;/p-3. The molecule has 4 N–H and O–H groups in total. The quantitative estimate of drug-likeness (QED) is 0.0457. The maximum atomic E-state index is 12.9. The fourth-order valence-electron chi connectivity index (χ4n) is 9.84. The number of ketones is 2. The van der Waals surface area contributed by atoms with E-state index in [2.05, 4.69) is 47.2 Å². The number of rotatable bonds is 9. The summed E-state index contributed by atoms with van der Waals surface area (Å²) in [6.07, 6.45) is 12.3. The third-order valence-electron chi connectivity index (χ3n) is 14.5. The van der Waals surface area contributed by atoms with Crippen LogP contribution in [0.1, 0.15) is 131 Å². The van der Waals surface area contributed by atoms with Crippen LogP contribution < -0.4 is 10.3 Å². The Morgan fingerprint density at radius 1 is 0.659 bits per heavy atom. The molecule has 0 aromatic heterocycles. The van der Waals surface area contributed by atoms with Gasteiger partial charge in [0, 0.05) is 99.8 Å². The monoisotopic (exact) mass is 1420 g/mol. The number of Topliss-reactive ketones (excluding diaryl/α,β-unsaturated/α-hetero) is 1. The number of methoxy groups -OCH3 is 2. The minimum atomic E-state index is -4.04. The number of likely N-dealkylation sites (N-methyl/N-ethyl adjacent to an activating group) is 2. The number of esters is 2. The molecule has 0 radical (unpaired) electrons. The maximum Gasteiger partial charge on any atom is 0.643 e. The topological polar surface area (TPSA) is 274 Å². The second-order valence-corrected chi connectivity index (χ2v) is 31.4. The Balaban J connectivity index is 0.000000241. The van der Waals surface area contributed by atoms with Crippen LogP contribution in [0.5, 0.6) is 0 Å². The Kier molecular flexibility index (Phi) is 31.8. The Morgan fingerprint density at radius 3 is 1.53 bits per heavy atom. The van der Waals surface area contributed by atoms with Crippen LogP contribution in [-0.4, -0.2) is 120 Å². The molecule has 3 aliphatic carbocycles. The van der Waals surface area contributed by atoms with Crippen molar-refractivity contribution in [2.24, 2.45) is 10.3 Å². The number of unbranched alkanes of at least 4 members (excludes halogenated alkanes) is 1. The van der Waals surface area contributed by atoms with E-state index in [1.807, 2.05) is 49.2 Å². The Hall–Kier alpha value is -5.74. The second-order valence-electron chi connectivity index (χ2n) is 20.8. The van der Waals surface area contributed by atoms with Crippen LogP contribution in [0.2, 0.25) is 10.0 Å². The van der Waals surface area contributed by atoms with Gasteiger partial charge in [0.05, 0.1) is 30.4 Å². The van der Waals surface area contributed by atoms with Crippen LogP contribution in [0.3, 0.4) is 0 Å². The van der Waals surface area contributed by atoms with E-state index < -0.39 is 42.6 Å². The normalized spacial score (nSPS) is 15.4. The molecule has 1 saturated heterocycles. The SMILES string of the molecule is C=CC(=O)OC.CC1CCCO1.CCCCC(=O)OC.CN1C(=O)CCC2=C1Cc1cc(C(=O)c3ccc(Cl)c(S(N)(=O)=O)c3)ccc12.CN1C(=O)CCC2=C1Cc1ccccc12.NS(=O)(=O)c1cc(C(=O)Cl)ccc1Cl.O=C1Cc2ccccc2C1.[Cl][Al]([Cl])[Cl]. The van der Waals surface area contributed by atoms with Gasteiger partial charge in [-0.3, -0.25) is 28.8 Å². The van der Waals surface area contributed by atoms with Crippen LogP contribution in [0.4, 0.5) is 0 Å². The van der Waals surface area contributed by atoms with E-state index in [-0.39, 0.29) is 54.5 Å². The zero-order valence-electron chi connectivity index (χ0n) is 51.0. The molecular formula is C64H71AlCl6N4O14S2. The summed E-state index contributed by atoms with van der Waals surface area (Å²) in [5.74, 6) is -0.122. The van der Waals surface area contributed by atoms with Crippen molar-refractivity contribution in [3.63, 3.8) is 0 Å². The second kappa shape index (κ2) is 37.2. The van der Waals surface area contributed by atoms with Gasteiger partial charge >= 0.3 is 23.3 Å². The first-order valence-corrected chi connectivity index (χ1v) is 37.8. The first-order chi connectivity index (χ1) is 42.9. The predicted octanol–water partition coefficient (Wildman–Crippen LogP) is 12.2. The van der Waals surface area contributed by atoms with Gasteiger partial charge in [-0.15, -0.1) is 0 Å². The molecule has 2 amide bonds. The van der Waals surface area contributed by atoms with Crippen molar-refractivity contribution in [2.45, 2.75) is 113 Å². The molecule has 3 heterocycles. The number of hydrogen-bond acceptors (Lipinski definition) is 14. The average Bonchev–Trinajstić information content (AvgIpc) is 1.74.